The van der Waals surface area contributed by atoms with Crippen LogP contribution in [0.25, 0.3) is 0 Å². The number of ether oxygens (including phenoxy) is 1. The van der Waals surface area contributed by atoms with E-state index in [9.17, 15) is 24.8 Å². The van der Waals surface area contributed by atoms with Crippen LogP contribution in [0.5, 0.6) is 11.5 Å². The molecule has 9 nitrogen and oxygen atoms in total. The highest BCUT2D eigenvalue weighted by molar-refractivity contribution is 6.31. The van der Waals surface area contributed by atoms with Crippen LogP contribution in [0, 0.1) is 15.5 Å². The average molecular weight is 562 g/mol. The van der Waals surface area contributed by atoms with Crippen molar-refractivity contribution in [1.82, 2.24) is 0 Å². The SMILES string of the molecule is CC(=O)N1c2cccc(O)c2NC2=C(C(=O)CC(C)(C)C2)C1c1ccc(OCc2cccc([N+](=O)[O-])c2)cc1Cl. The lowest BCUT2D eigenvalue weighted by Gasteiger charge is -2.37. The van der Waals surface area contributed by atoms with E-state index in [0.717, 1.165) is 0 Å². The van der Waals surface area contributed by atoms with Gasteiger partial charge in [0.15, 0.2) is 5.78 Å². The molecule has 0 saturated heterocycles. The number of amides is 1. The Morgan fingerprint density at radius 2 is 1.93 bits per heavy atom. The average Bonchev–Trinajstić information content (AvgIpc) is 3.02. The Labute approximate surface area is 236 Å². The van der Waals surface area contributed by atoms with Crippen LogP contribution in [0.15, 0.2) is 71.9 Å². The van der Waals surface area contributed by atoms with E-state index in [2.05, 4.69) is 5.32 Å². The van der Waals surface area contributed by atoms with Gasteiger partial charge in [0, 0.05) is 41.8 Å². The Morgan fingerprint density at radius 3 is 2.62 bits per heavy atom. The molecule has 3 aromatic rings. The van der Waals surface area contributed by atoms with Gasteiger partial charge in [-0.05, 0) is 47.2 Å². The molecule has 1 atom stereocenters. The van der Waals surface area contributed by atoms with E-state index in [0.29, 0.717) is 52.4 Å². The van der Waals surface area contributed by atoms with Gasteiger partial charge in [0.2, 0.25) is 5.91 Å². The summed E-state index contributed by atoms with van der Waals surface area (Å²) in [6, 6.07) is 15.2. The first-order chi connectivity index (χ1) is 18.9. The number of nitrogens with one attached hydrogen (secondary N) is 1. The number of fused-ring (bicyclic) bond motifs is 1. The molecule has 1 aliphatic heterocycles. The monoisotopic (exact) mass is 561 g/mol. The van der Waals surface area contributed by atoms with E-state index in [4.69, 9.17) is 16.3 Å². The van der Waals surface area contributed by atoms with Crippen LogP contribution in [0.2, 0.25) is 5.02 Å². The summed E-state index contributed by atoms with van der Waals surface area (Å²) in [6.07, 6.45) is 0.826. The van der Waals surface area contributed by atoms with Gasteiger partial charge in [-0.1, -0.05) is 49.7 Å². The normalized spacial score (nSPS) is 17.9. The minimum Gasteiger partial charge on any atom is -0.506 e. The molecule has 0 bridgehead atoms. The second kappa shape index (κ2) is 10.3. The van der Waals surface area contributed by atoms with Crippen molar-refractivity contribution in [3.63, 3.8) is 0 Å². The summed E-state index contributed by atoms with van der Waals surface area (Å²) >= 11 is 6.82. The molecule has 10 heteroatoms. The minimum absolute atomic E-state index is 0.0310. The number of para-hydroxylation sites is 1. The highest BCUT2D eigenvalue weighted by Gasteiger charge is 2.43. The molecule has 0 aromatic heterocycles. The van der Waals surface area contributed by atoms with Crippen LogP contribution in [0.1, 0.15) is 50.8 Å². The second-order valence-electron chi connectivity index (χ2n) is 10.8. The molecule has 3 aromatic carbocycles. The number of hydrogen-bond acceptors (Lipinski definition) is 7. The van der Waals surface area contributed by atoms with E-state index < -0.39 is 11.0 Å². The van der Waals surface area contributed by atoms with Crippen molar-refractivity contribution >= 4 is 40.4 Å². The van der Waals surface area contributed by atoms with Crippen molar-refractivity contribution in [3.8, 4) is 11.5 Å². The number of nitro benzene ring substituents is 1. The lowest BCUT2D eigenvalue weighted by molar-refractivity contribution is -0.384. The first-order valence-corrected chi connectivity index (χ1v) is 13.1. The van der Waals surface area contributed by atoms with Gasteiger partial charge in [-0.25, -0.2) is 0 Å². The second-order valence-corrected chi connectivity index (χ2v) is 11.2. The van der Waals surface area contributed by atoms with Gasteiger partial charge in [0.05, 0.1) is 16.7 Å². The fourth-order valence-electron chi connectivity index (χ4n) is 5.43. The third kappa shape index (κ3) is 5.12. The van der Waals surface area contributed by atoms with E-state index in [1.54, 1.807) is 42.5 Å². The largest absolute Gasteiger partial charge is 0.506 e. The number of phenolic OH excluding ortho intramolecular Hbond substituents is 1. The van der Waals surface area contributed by atoms with Crippen molar-refractivity contribution in [2.75, 3.05) is 10.2 Å². The molecule has 1 amide bonds. The zero-order valence-electron chi connectivity index (χ0n) is 22.2. The zero-order valence-corrected chi connectivity index (χ0v) is 23.0. The quantitative estimate of drug-likeness (QED) is 0.202. The lowest BCUT2D eigenvalue weighted by Crippen LogP contribution is -2.38. The molecule has 0 spiro atoms. The summed E-state index contributed by atoms with van der Waals surface area (Å²) in [5, 5.41) is 25.4. The number of hydrogen-bond donors (Lipinski definition) is 2. The number of non-ortho nitro benzene ring substituents is 1. The summed E-state index contributed by atoms with van der Waals surface area (Å²) in [7, 11) is 0. The fourth-order valence-corrected chi connectivity index (χ4v) is 5.71. The molecular formula is C30H28ClN3O6. The lowest BCUT2D eigenvalue weighted by atomic mass is 9.73. The number of halogens is 1. The number of nitrogens with zero attached hydrogens (tertiary/aromatic N) is 2. The van der Waals surface area contributed by atoms with Gasteiger partial charge in [0.25, 0.3) is 5.69 Å². The number of benzene rings is 3. The third-order valence-electron chi connectivity index (χ3n) is 7.14. The number of anilines is 2. The molecule has 5 rings (SSSR count). The summed E-state index contributed by atoms with van der Waals surface area (Å²) < 4.78 is 5.86. The molecule has 0 radical (unpaired) electrons. The van der Waals surface area contributed by atoms with Crippen LogP contribution in [0.3, 0.4) is 0 Å². The van der Waals surface area contributed by atoms with Gasteiger partial charge >= 0.3 is 0 Å². The van der Waals surface area contributed by atoms with Gasteiger partial charge in [-0.3, -0.25) is 24.6 Å². The first kappa shape index (κ1) is 27.2. The molecule has 1 unspecified atom stereocenters. The maximum Gasteiger partial charge on any atom is 0.269 e. The molecular weight excluding hydrogens is 534 g/mol. The number of ketones is 1. The number of carbonyl (C=O) groups excluding carboxylic acids is 2. The minimum atomic E-state index is -0.843. The van der Waals surface area contributed by atoms with Crippen molar-refractivity contribution in [3.05, 3.63) is 98.2 Å². The van der Waals surface area contributed by atoms with Crippen LogP contribution in [-0.4, -0.2) is 21.7 Å². The molecule has 0 saturated carbocycles. The number of aromatic hydroxyl groups is 1. The topological polar surface area (TPSA) is 122 Å². The number of nitro groups is 1. The Balaban J connectivity index is 1.57. The molecule has 0 fully saturated rings. The van der Waals surface area contributed by atoms with E-state index in [1.165, 1.54) is 30.0 Å². The van der Waals surface area contributed by atoms with Gasteiger partial charge in [0.1, 0.15) is 23.8 Å². The Bertz CT molecular complexity index is 1580. The molecule has 1 aliphatic carbocycles. The summed E-state index contributed by atoms with van der Waals surface area (Å²) in [6.45, 7) is 5.50. The highest BCUT2D eigenvalue weighted by Crippen LogP contribution is 2.51. The highest BCUT2D eigenvalue weighted by atomic mass is 35.5. The van der Waals surface area contributed by atoms with Crippen molar-refractivity contribution in [1.29, 1.82) is 0 Å². The standard InChI is InChI=1S/C30H28ClN3O6/c1-17(35)33-24-8-5-9-25(36)28(24)32-23-14-30(2,3)15-26(37)27(23)29(33)21-11-10-20(13-22(21)31)40-16-18-6-4-7-19(12-18)34(38)39/h4-13,29,32,36H,14-16H2,1-3H3. The van der Waals surface area contributed by atoms with Crippen LogP contribution < -0.4 is 15.0 Å². The van der Waals surface area contributed by atoms with Crippen molar-refractivity contribution < 1.29 is 24.4 Å². The molecule has 1 heterocycles. The fraction of sp³-hybridized carbons (Fsp3) is 0.267. The number of phenols is 1. The Morgan fingerprint density at radius 1 is 1.18 bits per heavy atom. The summed E-state index contributed by atoms with van der Waals surface area (Å²) in [5.74, 6) is -0.0516. The van der Waals surface area contributed by atoms with Gasteiger partial charge in [-0.15, -0.1) is 0 Å². The summed E-state index contributed by atoms with van der Waals surface area (Å²) in [4.78, 5) is 39.0. The maximum absolute atomic E-state index is 13.7. The smallest absolute Gasteiger partial charge is 0.269 e. The van der Waals surface area contributed by atoms with Crippen molar-refractivity contribution in [2.45, 2.75) is 46.3 Å². The third-order valence-corrected chi connectivity index (χ3v) is 7.47. The molecule has 2 N–H and O–H groups in total. The van der Waals surface area contributed by atoms with Gasteiger partial charge < -0.3 is 15.2 Å². The Kier molecular flexibility index (Phi) is 7.01. The molecule has 206 valence electrons. The number of Topliss-reactive ketones (excluding diaryl/α,β-unsaturated/α-hetero) is 1. The van der Waals surface area contributed by atoms with E-state index in [1.807, 2.05) is 13.8 Å². The Hall–Kier alpha value is -4.37. The number of rotatable bonds is 5. The van der Waals surface area contributed by atoms with Crippen LogP contribution >= 0.6 is 11.6 Å². The van der Waals surface area contributed by atoms with E-state index >= 15 is 0 Å². The van der Waals surface area contributed by atoms with Gasteiger partial charge in [-0.2, -0.15) is 0 Å². The van der Waals surface area contributed by atoms with E-state index in [-0.39, 0.29) is 40.2 Å². The molecule has 40 heavy (non-hydrogen) atoms. The zero-order chi connectivity index (χ0) is 28.8. The van der Waals surface area contributed by atoms with Crippen LogP contribution in [0.4, 0.5) is 17.1 Å². The number of carbonyl (C=O) groups is 2. The van der Waals surface area contributed by atoms with Crippen LogP contribution in [-0.2, 0) is 16.2 Å². The van der Waals surface area contributed by atoms with Crippen molar-refractivity contribution in [2.24, 2.45) is 5.41 Å². The first-order valence-electron chi connectivity index (χ1n) is 12.8. The summed E-state index contributed by atoms with van der Waals surface area (Å²) in [5.41, 5.74) is 2.64. The maximum atomic E-state index is 13.7. The number of allylic oxidation sites excluding steroid dienone is 1. The predicted octanol–water partition coefficient (Wildman–Crippen LogP) is 6.70. The predicted molar refractivity (Wildman–Crippen MR) is 152 cm³/mol. The molecule has 2 aliphatic rings.